The van der Waals surface area contributed by atoms with Gasteiger partial charge in [0.2, 0.25) is 0 Å². The quantitative estimate of drug-likeness (QED) is 0.556. The van der Waals surface area contributed by atoms with E-state index in [0.717, 1.165) is 18.8 Å². The molecule has 1 aliphatic carbocycles. The van der Waals surface area contributed by atoms with Crippen LogP contribution in [0.1, 0.15) is 52.0 Å². The van der Waals surface area contributed by atoms with Gasteiger partial charge in [0, 0.05) is 16.5 Å². The highest BCUT2D eigenvalue weighted by molar-refractivity contribution is 6.31. The van der Waals surface area contributed by atoms with E-state index in [1.165, 1.54) is 18.9 Å². The zero-order valence-electron chi connectivity index (χ0n) is 13.2. The average Bonchev–Trinajstić information content (AvgIpc) is 2.43. The van der Waals surface area contributed by atoms with Gasteiger partial charge in [0.15, 0.2) is 0 Å². The molecule has 21 heavy (non-hydrogen) atoms. The molecule has 2 rings (SSSR count). The predicted octanol–water partition coefficient (Wildman–Crippen LogP) is 6.48. The third-order valence-corrected chi connectivity index (χ3v) is 6.09. The fraction of sp³-hybridized carbons (Fsp3) is 0.667. The SMILES string of the molecule is CC(C)(C)C1CCC(CCl)(Cc2c(F)cccc2Cl)CC1. The van der Waals surface area contributed by atoms with Crippen molar-refractivity contribution in [2.45, 2.75) is 52.9 Å². The van der Waals surface area contributed by atoms with Crippen LogP contribution < -0.4 is 0 Å². The van der Waals surface area contributed by atoms with Gasteiger partial charge in [-0.15, -0.1) is 11.6 Å². The molecule has 0 aromatic heterocycles. The third-order valence-electron chi connectivity index (χ3n) is 5.17. The van der Waals surface area contributed by atoms with E-state index < -0.39 is 0 Å². The molecule has 0 radical (unpaired) electrons. The number of hydrogen-bond acceptors (Lipinski definition) is 0. The van der Waals surface area contributed by atoms with Crippen LogP contribution in [0, 0.1) is 22.6 Å². The van der Waals surface area contributed by atoms with Gasteiger partial charge in [-0.1, -0.05) is 38.4 Å². The summed E-state index contributed by atoms with van der Waals surface area (Å²) in [5, 5.41) is 0.525. The van der Waals surface area contributed by atoms with E-state index in [-0.39, 0.29) is 11.2 Å². The molecule has 0 spiro atoms. The predicted molar refractivity (Wildman–Crippen MR) is 89.7 cm³/mol. The van der Waals surface area contributed by atoms with E-state index in [4.69, 9.17) is 23.2 Å². The summed E-state index contributed by atoms with van der Waals surface area (Å²) in [6.45, 7) is 6.91. The van der Waals surface area contributed by atoms with E-state index in [1.807, 2.05) is 0 Å². The Morgan fingerprint density at radius 2 is 1.86 bits per heavy atom. The normalized spacial score (nSPS) is 26.9. The Balaban J connectivity index is 2.14. The summed E-state index contributed by atoms with van der Waals surface area (Å²) in [5.74, 6) is 1.10. The molecule has 0 aliphatic heterocycles. The Bertz CT molecular complexity index is 462. The average molecular weight is 331 g/mol. The molecule has 118 valence electrons. The van der Waals surface area contributed by atoms with Crippen molar-refractivity contribution in [3.63, 3.8) is 0 Å². The second-order valence-corrected chi connectivity index (χ2v) is 8.33. The van der Waals surface area contributed by atoms with Gasteiger partial charge >= 0.3 is 0 Å². The Morgan fingerprint density at radius 1 is 1.24 bits per heavy atom. The Hall–Kier alpha value is -0.270. The van der Waals surface area contributed by atoms with E-state index in [1.54, 1.807) is 12.1 Å². The standard InChI is InChI=1S/C18H25Cl2F/c1-17(2,3)13-7-9-18(12-19,10-8-13)11-14-15(20)5-4-6-16(14)21/h4-6,13H,7-12H2,1-3H3. The van der Waals surface area contributed by atoms with Crippen LogP contribution in [0.25, 0.3) is 0 Å². The van der Waals surface area contributed by atoms with Crippen molar-refractivity contribution in [3.05, 3.63) is 34.6 Å². The Labute approximate surface area is 138 Å². The van der Waals surface area contributed by atoms with E-state index in [9.17, 15) is 4.39 Å². The van der Waals surface area contributed by atoms with E-state index >= 15 is 0 Å². The van der Waals surface area contributed by atoms with Crippen molar-refractivity contribution in [2.24, 2.45) is 16.7 Å². The van der Waals surface area contributed by atoms with Gasteiger partial charge in [-0.25, -0.2) is 4.39 Å². The van der Waals surface area contributed by atoms with Crippen LogP contribution >= 0.6 is 23.2 Å². The van der Waals surface area contributed by atoms with Crippen LogP contribution in [0.4, 0.5) is 4.39 Å². The molecule has 1 aromatic rings. The van der Waals surface area contributed by atoms with E-state index in [0.29, 0.717) is 28.3 Å². The van der Waals surface area contributed by atoms with Crippen LogP contribution in [0.15, 0.2) is 18.2 Å². The Kier molecular flexibility index (Phi) is 5.26. The topological polar surface area (TPSA) is 0 Å². The third kappa shape index (κ3) is 3.93. The van der Waals surface area contributed by atoms with Crippen LogP contribution in [0.3, 0.4) is 0 Å². The largest absolute Gasteiger partial charge is 0.207 e. The number of benzene rings is 1. The molecule has 3 heteroatoms. The molecule has 0 amide bonds. The molecule has 1 aromatic carbocycles. The minimum atomic E-state index is -0.204. The number of hydrogen-bond donors (Lipinski definition) is 0. The van der Waals surface area contributed by atoms with Gasteiger partial charge < -0.3 is 0 Å². The van der Waals surface area contributed by atoms with Crippen molar-refractivity contribution in [2.75, 3.05) is 5.88 Å². The maximum Gasteiger partial charge on any atom is 0.127 e. The molecular formula is C18H25Cl2F. The molecule has 0 bridgehead atoms. The zero-order chi connectivity index (χ0) is 15.7. The van der Waals surface area contributed by atoms with Crippen molar-refractivity contribution in [1.82, 2.24) is 0 Å². The van der Waals surface area contributed by atoms with Crippen LogP contribution in [-0.4, -0.2) is 5.88 Å². The molecule has 0 saturated heterocycles. The first-order valence-corrected chi connectivity index (χ1v) is 8.67. The highest BCUT2D eigenvalue weighted by atomic mass is 35.5. The van der Waals surface area contributed by atoms with Gasteiger partial charge in [-0.05, 0) is 61.0 Å². The lowest BCUT2D eigenvalue weighted by Gasteiger charge is -2.43. The fourth-order valence-corrected chi connectivity index (χ4v) is 4.12. The van der Waals surface area contributed by atoms with Gasteiger partial charge in [0.05, 0.1) is 0 Å². The molecule has 1 saturated carbocycles. The first kappa shape index (κ1) is 17.1. The van der Waals surface area contributed by atoms with Gasteiger partial charge in [-0.3, -0.25) is 0 Å². The summed E-state index contributed by atoms with van der Waals surface area (Å²) in [6, 6.07) is 4.91. The summed E-state index contributed by atoms with van der Waals surface area (Å²) in [4.78, 5) is 0. The molecule has 1 aliphatic rings. The summed E-state index contributed by atoms with van der Waals surface area (Å²) < 4.78 is 14.1. The molecule has 1 fully saturated rings. The van der Waals surface area contributed by atoms with Crippen molar-refractivity contribution in [1.29, 1.82) is 0 Å². The van der Waals surface area contributed by atoms with Crippen LogP contribution in [0.2, 0.25) is 5.02 Å². The van der Waals surface area contributed by atoms with Crippen molar-refractivity contribution < 1.29 is 4.39 Å². The summed E-state index contributed by atoms with van der Waals surface area (Å²) >= 11 is 12.5. The van der Waals surface area contributed by atoms with Gasteiger partial charge in [0.1, 0.15) is 5.82 Å². The van der Waals surface area contributed by atoms with E-state index in [2.05, 4.69) is 20.8 Å². The maximum absolute atomic E-state index is 14.1. The van der Waals surface area contributed by atoms with Gasteiger partial charge in [0.25, 0.3) is 0 Å². The number of alkyl halides is 1. The highest BCUT2D eigenvalue weighted by Gasteiger charge is 2.39. The molecule has 0 nitrogen and oxygen atoms in total. The van der Waals surface area contributed by atoms with Gasteiger partial charge in [-0.2, -0.15) is 0 Å². The summed E-state index contributed by atoms with van der Waals surface area (Å²) in [5.41, 5.74) is 0.970. The monoisotopic (exact) mass is 330 g/mol. The highest BCUT2D eigenvalue weighted by Crippen LogP contribution is 2.48. The number of halogens is 3. The lowest BCUT2D eigenvalue weighted by molar-refractivity contribution is 0.101. The fourth-order valence-electron chi connectivity index (χ4n) is 3.53. The Morgan fingerprint density at radius 3 is 2.33 bits per heavy atom. The minimum absolute atomic E-state index is 0.00482. The molecule has 0 unspecified atom stereocenters. The number of rotatable bonds is 3. The zero-order valence-corrected chi connectivity index (χ0v) is 14.7. The minimum Gasteiger partial charge on any atom is -0.207 e. The first-order chi connectivity index (χ1) is 9.77. The second-order valence-electron chi connectivity index (χ2n) is 7.65. The molecular weight excluding hydrogens is 306 g/mol. The first-order valence-electron chi connectivity index (χ1n) is 7.76. The smallest absolute Gasteiger partial charge is 0.127 e. The summed E-state index contributed by atoms with van der Waals surface area (Å²) in [7, 11) is 0. The second kappa shape index (κ2) is 6.46. The lowest BCUT2D eigenvalue weighted by atomic mass is 9.63. The van der Waals surface area contributed by atoms with Crippen LogP contribution in [-0.2, 0) is 6.42 Å². The molecule has 0 atom stereocenters. The molecule has 0 N–H and O–H groups in total. The van der Waals surface area contributed by atoms with Crippen LogP contribution in [0.5, 0.6) is 0 Å². The lowest BCUT2D eigenvalue weighted by Crippen LogP contribution is -2.35. The maximum atomic E-state index is 14.1. The van der Waals surface area contributed by atoms with Crippen molar-refractivity contribution >= 4 is 23.2 Å². The van der Waals surface area contributed by atoms with Crippen molar-refractivity contribution in [3.8, 4) is 0 Å². The molecule has 0 heterocycles. The summed E-state index contributed by atoms with van der Waals surface area (Å²) in [6.07, 6.45) is 5.11.